The highest BCUT2D eigenvalue weighted by Gasteiger charge is 2.14. The molecule has 0 aliphatic heterocycles. The van der Waals surface area contributed by atoms with Crippen molar-refractivity contribution in [1.82, 2.24) is 20.5 Å². The Bertz CT molecular complexity index is 891. The van der Waals surface area contributed by atoms with Crippen molar-refractivity contribution < 1.29 is 4.79 Å². The first-order valence-electron chi connectivity index (χ1n) is 7.56. The number of carbonyl (C=O) groups is 1. The van der Waals surface area contributed by atoms with E-state index in [9.17, 15) is 4.79 Å². The summed E-state index contributed by atoms with van der Waals surface area (Å²) in [6.45, 7) is 2.46. The molecular formula is C18H15ClN4OS. The maximum Gasteiger partial charge on any atom is 0.282 e. The Morgan fingerprint density at radius 2 is 1.96 bits per heavy atom. The van der Waals surface area contributed by atoms with Crippen molar-refractivity contribution in [1.29, 1.82) is 0 Å². The molecule has 3 rings (SSSR count). The number of halogens is 1. The van der Waals surface area contributed by atoms with Crippen LogP contribution in [0, 0.1) is 6.92 Å². The summed E-state index contributed by atoms with van der Waals surface area (Å²) in [6, 6.07) is 11.7. The number of nitrogens with one attached hydrogen (secondary N) is 1. The fourth-order valence-corrected chi connectivity index (χ4v) is 2.99. The van der Waals surface area contributed by atoms with E-state index in [4.69, 9.17) is 11.6 Å². The van der Waals surface area contributed by atoms with E-state index in [1.165, 1.54) is 5.56 Å². The molecule has 3 aromatic rings. The second-order valence-electron chi connectivity index (χ2n) is 5.36. The number of hydrogen-bond donors (Lipinski definition) is 1. The predicted molar refractivity (Wildman–Crippen MR) is 100 cm³/mol. The highest BCUT2D eigenvalue weighted by Crippen LogP contribution is 2.25. The number of rotatable bonds is 5. The lowest BCUT2D eigenvalue weighted by molar-refractivity contribution is 0.0950. The van der Waals surface area contributed by atoms with Gasteiger partial charge in [-0.2, -0.15) is 0 Å². The average molecular weight is 371 g/mol. The third-order valence-electron chi connectivity index (χ3n) is 3.38. The van der Waals surface area contributed by atoms with E-state index in [0.29, 0.717) is 16.6 Å². The van der Waals surface area contributed by atoms with Crippen LogP contribution in [0.3, 0.4) is 0 Å². The van der Waals surface area contributed by atoms with Crippen LogP contribution in [-0.2, 0) is 6.54 Å². The molecule has 0 bridgehead atoms. The molecule has 0 saturated carbocycles. The molecule has 2 heterocycles. The molecule has 2 aromatic heterocycles. The summed E-state index contributed by atoms with van der Waals surface area (Å²) < 4.78 is 0. The SMILES string of the molecule is Cc1ccc(CNC(=O)c2nnc(/C(Cl)=C/c3cccnc3)s2)cc1. The monoisotopic (exact) mass is 370 g/mol. The molecule has 0 radical (unpaired) electrons. The summed E-state index contributed by atoms with van der Waals surface area (Å²) in [4.78, 5) is 16.2. The van der Waals surface area contributed by atoms with Gasteiger partial charge in [-0.15, -0.1) is 10.2 Å². The minimum absolute atomic E-state index is 0.268. The first-order chi connectivity index (χ1) is 12.1. The Kier molecular flexibility index (Phi) is 5.53. The molecule has 1 aromatic carbocycles. The van der Waals surface area contributed by atoms with Gasteiger partial charge in [-0.25, -0.2) is 0 Å². The van der Waals surface area contributed by atoms with E-state index in [1.54, 1.807) is 18.5 Å². The van der Waals surface area contributed by atoms with Crippen LogP contribution in [0.5, 0.6) is 0 Å². The van der Waals surface area contributed by atoms with E-state index in [-0.39, 0.29) is 10.9 Å². The smallest absolute Gasteiger partial charge is 0.282 e. The van der Waals surface area contributed by atoms with Crippen molar-refractivity contribution in [3.63, 3.8) is 0 Å². The molecule has 0 aliphatic carbocycles. The van der Waals surface area contributed by atoms with Crippen molar-refractivity contribution in [2.24, 2.45) is 0 Å². The van der Waals surface area contributed by atoms with Gasteiger partial charge in [0.15, 0.2) is 5.01 Å². The number of pyridine rings is 1. The third kappa shape index (κ3) is 4.71. The van der Waals surface area contributed by atoms with E-state index in [1.807, 2.05) is 43.3 Å². The third-order valence-corrected chi connectivity index (χ3v) is 4.73. The summed E-state index contributed by atoms with van der Waals surface area (Å²) >= 11 is 7.41. The maximum atomic E-state index is 12.2. The number of aromatic nitrogens is 3. The molecular weight excluding hydrogens is 356 g/mol. The van der Waals surface area contributed by atoms with Crippen LogP contribution >= 0.6 is 22.9 Å². The molecule has 0 unspecified atom stereocenters. The van der Waals surface area contributed by atoms with Crippen molar-refractivity contribution in [2.45, 2.75) is 13.5 Å². The lowest BCUT2D eigenvalue weighted by atomic mass is 10.1. The standard InChI is InChI=1S/C18H15ClN4OS/c1-12-4-6-13(7-5-12)11-21-16(24)18-23-22-17(25-18)15(19)9-14-3-2-8-20-10-14/h2-10H,11H2,1H3,(H,21,24)/b15-9-. The minimum atomic E-state index is -0.268. The quantitative estimate of drug-likeness (QED) is 0.739. The highest BCUT2D eigenvalue weighted by molar-refractivity contribution is 7.15. The second-order valence-corrected chi connectivity index (χ2v) is 6.74. The minimum Gasteiger partial charge on any atom is -0.346 e. The molecule has 126 valence electrons. The molecule has 0 saturated heterocycles. The van der Waals surface area contributed by atoms with Gasteiger partial charge in [-0.3, -0.25) is 9.78 Å². The number of hydrogen-bond acceptors (Lipinski definition) is 5. The summed E-state index contributed by atoms with van der Waals surface area (Å²) in [5.41, 5.74) is 3.06. The lowest BCUT2D eigenvalue weighted by Gasteiger charge is -2.03. The number of amides is 1. The van der Waals surface area contributed by atoms with Crippen molar-refractivity contribution in [3.8, 4) is 0 Å². The number of carbonyl (C=O) groups excluding carboxylic acids is 1. The molecule has 0 aliphatic rings. The van der Waals surface area contributed by atoms with Crippen molar-refractivity contribution >= 4 is 40.0 Å². The summed E-state index contributed by atoms with van der Waals surface area (Å²) in [5, 5.41) is 11.9. The predicted octanol–water partition coefficient (Wildman–Crippen LogP) is 3.91. The Morgan fingerprint density at radius 3 is 2.68 bits per heavy atom. The summed E-state index contributed by atoms with van der Waals surface area (Å²) in [5.74, 6) is -0.268. The van der Waals surface area contributed by atoms with Crippen LogP contribution in [0.2, 0.25) is 0 Å². The van der Waals surface area contributed by atoms with Crippen LogP contribution in [0.25, 0.3) is 11.1 Å². The van der Waals surface area contributed by atoms with Crippen molar-refractivity contribution in [3.05, 3.63) is 75.5 Å². The first kappa shape index (κ1) is 17.3. The van der Waals surface area contributed by atoms with E-state index in [0.717, 1.165) is 22.5 Å². The van der Waals surface area contributed by atoms with Gasteiger partial charge in [0.25, 0.3) is 5.91 Å². The molecule has 0 fully saturated rings. The Morgan fingerprint density at radius 1 is 1.20 bits per heavy atom. The largest absolute Gasteiger partial charge is 0.346 e. The highest BCUT2D eigenvalue weighted by atomic mass is 35.5. The maximum absolute atomic E-state index is 12.2. The van der Waals surface area contributed by atoms with Crippen LogP contribution < -0.4 is 5.32 Å². The van der Waals surface area contributed by atoms with Crippen molar-refractivity contribution in [2.75, 3.05) is 0 Å². The fourth-order valence-electron chi connectivity index (χ4n) is 2.04. The molecule has 0 spiro atoms. The number of aryl methyl sites for hydroxylation is 1. The van der Waals surface area contributed by atoms with Gasteiger partial charge in [0.1, 0.15) is 0 Å². The zero-order valence-electron chi connectivity index (χ0n) is 13.4. The normalized spacial score (nSPS) is 11.4. The molecule has 1 amide bonds. The van der Waals surface area contributed by atoms with Gasteiger partial charge in [-0.05, 0) is 30.2 Å². The number of nitrogens with zero attached hydrogens (tertiary/aromatic N) is 3. The van der Waals surface area contributed by atoms with E-state index in [2.05, 4.69) is 20.5 Å². The van der Waals surface area contributed by atoms with Crippen LogP contribution in [0.4, 0.5) is 0 Å². The average Bonchev–Trinajstić information content (AvgIpc) is 3.12. The summed E-state index contributed by atoms with van der Waals surface area (Å²) in [7, 11) is 0. The Balaban J connectivity index is 1.65. The van der Waals surface area contributed by atoms with Gasteiger partial charge in [0.05, 0.1) is 5.03 Å². The zero-order chi connectivity index (χ0) is 17.6. The molecule has 7 heteroatoms. The van der Waals surface area contributed by atoms with Crippen LogP contribution in [-0.4, -0.2) is 21.1 Å². The second kappa shape index (κ2) is 8.00. The van der Waals surface area contributed by atoms with E-state index >= 15 is 0 Å². The zero-order valence-corrected chi connectivity index (χ0v) is 15.0. The van der Waals surface area contributed by atoms with Crippen LogP contribution in [0.15, 0.2) is 48.8 Å². The van der Waals surface area contributed by atoms with Gasteiger partial charge >= 0.3 is 0 Å². The Labute approximate surface area is 154 Å². The molecule has 0 atom stereocenters. The summed E-state index contributed by atoms with van der Waals surface area (Å²) in [6.07, 6.45) is 5.12. The first-order valence-corrected chi connectivity index (χ1v) is 8.76. The number of benzene rings is 1. The van der Waals surface area contributed by atoms with Gasteiger partial charge < -0.3 is 5.32 Å². The van der Waals surface area contributed by atoms with Gasteiger partial charge in [-0.1, -0.05) is 58.8 Å². The fraction of sp³-hybridized carbons (Fsp3) is 0.111. The topological polar surface area (TPSA) is 67.8 Å². The van der Waals surface area contributed by atoms with Crippen LogP contribution in [0.1, 0.15) is 31.5 Å². The molecule has 1 N–H and O–H groups in total. The Hall–Kier alpha value is -2.57. The van der Waals surface area contributed by atoms with Gasteiger partial charge in [0.2, 0.25) is 5.01 Å². The molecule has 25 heavy (non-hydrogen) atoms. The molecule has 5 nitrogen and oxygen atoms in total. The van der Waals surface area contributed by atoms with E-state index < -0.39 is 0 Å². The van der Waals surface area contributed by atoms with Gasteiger partial charge in [0, 0.05) is 18.9 Å². The lowest BCUT2D eigenvalue weighted by Crippen LogP contribution is -2.22.